The van der Waals surface area contributed by atoms with E-state index in [9.17, 15) is 0 Å². The molecule has 76 valence electrons. The van der Waals surface area contributed by atoms with Crippen LogP contribution in [0.5, 0.6) is 0 Å². The first-order valence-electron chi connectivity index (χ1n) is 4.81. The quantitative estimate of drug-likeness (QED) is 0.734. The van der Waals surface area contributed by atoms with E-state index in [1.807, 2.05) is 12.2 Å². The second-order valence-electron chi connectivity index (χ2n) is 3.36. The summed E-state index contributed by atoms with van der Waals surface area (Å²) >= 11 is 1.25. The third-order valence-corrected chi connectivity index (χ3v) is 2.86. The molecule has 0 fully saturated rings. The average molecular weight is 216 g/mol. The summed E-state index contributed by atoms with van der Waals surface area (Å²) in [5.41, 5.74) is 4.49. The van der Waals surface area contributed by atoms with Crippen molar-refractivity contribution >= 4 is 22.8 Å². The maximum absolute atomic E-state index is 4.23. The van der Waals surface area contributed by atoms with Crippen molar-refractivity contribution in [2.24, 2.45) is 0 Å². The van der Waals surface area contributed by atoms with Gasteiger partial charge in [-0.25, -0.2) is 0 Å². The van der Waals surface area contributed by atoms with Crippen molar-refractivity contribution in [3.8, 4) is 0 Å². The minimum atomic E-state index is 0.872. The Balaban J connectivity index is 2.56. The van der Waals surface area contributed by atoms with Gasteiger partial charge < -0.3 is 0 Å². The molecule has 15 heavy (non-hydrogen) atoms. The van der Waals surface area contributed by atoms with Crippen LogP contribution in [0.2, 0.25) is 0 Å². The highest BCUT2D eigenvalue weighted by Crippen LogP contribution is 2.20. The summed E-state index contributed by atoms with van der Waals surface area (Å²) in [7, 11) is 0. The van der Waals surface area contributed by atoms with Gasteiger partial charge in [-0.1, -0.05) is 12.2 Å². The predicted molar refractivity (Wildman–Crippen MR) is 65.2 cm³/mol. The summed E-state index contributed by atoms with van der Waals surface area (Å²) in [6.45, 7) is 7.53. The molecule has 1 heterocycles. The SMILES string of the molecule is C=CCc1cc2nsnc2cc1CC=C. The zero-order chi connectivity index (χ0) is 10.7. The van der Waals surface area contributed by atoms with E-state index in [0.29, 0.717) is 0 Å². The predicted octanol–water partition coefficient (Wildman–Crippen LogP) is 3.15. The van der Waals surface area contributed by atoms with Gasteiger partial charge in [-0.15, -0.1) is 13.2 Å². The molecule has 0 bridgehead atoms. The van der Waals surface area contributed by atoms with Gasteiger partial charge in [0.15, 0.2) is 0 Å². The number of aromatic nitrogens is 2. The highest BCUT2D eigenvalue weighted by molar-refractivity contribution is 7.00. The third kappa shape index (κ3) is 1.97. The van der Waals surface area contributed by atoms with E-state index in [2.05, 4.69) is 34.0 Å². The van der Waals surface area contributed by atoms with Crippen LogP contribution >= 0.6 is 11.7 Å². The lowest BCUT2D eigenvalue weighted by molar-refractivity contribution is 1.16. The molecule has 0 unspecified atom stereocenters. The lowest BCUT2D eigenvalue weighted by Gasteiger charge is -2.04. The lowest BCUT2D eigenvalue weighted by Crippen LogP contribution is -1.92. The van der Waals surface area contributed by atoms with Crippen LogP contribution in [-0.2, 0) is 12.8 Å². The number of fused-ring (bicyclic) bond motifs is 1. The molecule has 0 radical (unpaired) electrons. The molecule has 1 aromatic carbocycles. The van der Waals surface area contributed by atoms with Crippen LogP contribution < -0.4 is 0 Å². The monoisotopic (exact) mass is 216 g/mol. The van der Waals surface area contributed by atoms with E-state index in [1.54, 1.807) is 0 Å². The molecule has 0 saturated heterocycles. The molecule has 0 saturated carbocycles. The van der Waals surface area contributed by atoms with Crippen molar-refractivity contribution in [1.29, 1.82) is 0 Å². The smallest absolute Gasteiger partial charge is 0.105 e. The van der Waals surface area contributed by atoms with Crippen LogP contribution in [0.25, 0.3) is 11.0 Å². The van der Waals surface area contributed by atoms with Gasteiger partial charge >= 0.3 is 0 Å². The Hall–Kier alpha value is -1.48. The first-order chi connectivity index (χ1) is 7.35. The summed E-state index contributed by atoms with van der Waals surface area (Å²) in [5.74, 6) is 0. The minimum absolute atomic E-state index is 0.872. The van der Waals surface area contributed by atoms with Gasteiger partial charge in [-0.05, 0) is 36.1 Å². The van der Waals surface area contributed by atoms with Gasteiger partial charge in [-0.3, -0.25) is 0 Å². The van der Waals surface area contributed by atoms with Crippen LogP contribution in [-0.4, -0.2) is 8.75 Å². The Bertz CT molecular complexity index is 455. The molecule has 0 N–H and O–H groups in total. The van der Waals surface area contributed by atoms with Crippen molar-refractivity contribution in [1.82, 2.24) is 8.75 Å². The molecule has 2 nitrogen and oxygen atoms in total. The molecular formula is C12H12N2S. The van der Waals surface area contributed by atoms with Crippen molar-refractivity contribution < 1.29 is 0 Å². The van der Waals surface area contributed by atoms with Crippen LogP contribution in [0.1, 0.15) is 11.1 Å². The van der Waals surface area contributed by atoms with Crippen molar-refractivity contribution in [3.05, 3.63) is 48.6 Å². The summed E-state index contributed by atoms with van der Waals surface area (Å²) < 4.78 is 8.47. The Morgan fingerprint density at radius 1 is 1.00 bits per heavy atom. The maximum Gasteiger partial charge on any atom is 0.105 e. The lowest BCUT2D eigenvalue weighted by atomic mass is 10.0. The Kier molecular flexibility index (Phi) is 2.92. The van der Waals surface area contributed by atoms with Gasteiger partial charge in [0.25, 0.3) is 0 Å². The second-order valence-corrected chi connectivity index (χ2v) is 3.89. The van der Waals surface area contributed by atoms with E-state index >= 15 is 0 Å². The molecule has 0 amide bonds. The number of hydrogen-bond donors (Lipinski definition) is 0. The number of hydrogen-bond acceptors (Lipinski definition) is 3. The molecular weight excluding hydrogens is 204 g/mol. The van der Waals surface area contributed by atoms with Gasteiger partial charge in [-0.2, -0.15) is 8.75 Å². The van der Waals surface area contributed by atoms with E-state index in [0.717, 1.165) is 23.9 Å². The van der Waals surface area contributed by atoms with Gasteiger partial charge in [0.2, 0.25) is 0 Å². The maximum atomic E-state index is 4.23. The average Bonchev–Trinajstić information content (AvgIpc) is 2.66. The molecule has 2 aromatic rings. The molecule has 0 aliphatic heterocycles. The zero-order valence-corrected chi connectivity index (χ0v) is 9.26. The standard InChI is InChI=1S/C12H12N2S/c1-3-5-9-7-11-12(14-15-13-11)8-10(9)6-4-2/h3-4,7-8H,1-2,5-6H2. The first-order valence-corrected chi connectivity index (χ1v) is 5.54. The highest BCUT2D eigenvalue weighted by Gasteiger charge is 2.05. The van der Waals surface area contributed by atoms with Crippen LogP contribution in [0.3, 0.4) is 0 Å². The highest BCUT2D eigenvalue weighted by atomic mass is 32.1. The number of rotatable bonds is 4. The number of benzene rings is 1. The van der Waals surface area contributed by atoms with Crippen LogP contribution in [0, 0.1) is 0 Å². The van der Waals surface area contributed by atoms with E-state index in [1.165, 1.54) is 22.9 Å². The van der Waals surface area contributed by atoms with Gasteiger partial charge in [0.05, 0.1) is 11.7 Å². The molecule has 3 heteroatoms. The fourth-order valence-corrected chi connectivity index (χ4v) is 2.12. The van der Waals surface area contributed by atoms with Gasteiger partial charge in [0.1, 0.15) is 11.0 Å². The van der Waals surface area contributed by atoms with Crippen molar-refractivity contribution in [2.75, 3.05) is 0 Å². The second kappa shape index (κ2) is 4.36. The molecule has 0 aliphatic rings. The molecule has 0 atom stereocenters. The van der Waals surface area contributed by atoms with Crippen LogP contribution in [0.4, 0.5) is 0 Å². The first kappa shape index (κ1) is 10.1. The third-order valence-electron chi connectivity index (χ3n) is 2.30. The number of allylic oxidation sites excluding steroid dienone is 2. The molecule has 2 rings (SSSR count). The normalized spacial score (nSPS) is 10.4. The van der Waals surface area contributed by atoms with Crippen molar-refractivity contribution in [3.63, 3.8) is 0 Å². The summed E-state index contributed by atoms with van der Waals surface area (Å²) in [6.07, 6.45) is 5.56. The number of nitrogens with zero attached hydrogens (tertiary/aromatic N) is 2. The molecule has 1 aromatic heterocycles. The Morgan fingerprint density at radius 2 is 1.47 bits per heavy atom. The van der Waals surface area contributed by atoms with E-state index in [4.69, 9.17) is 0 Å². The topological polar surface area (TPSA) is 25.8 Å². The largest absolute Gasteiger partial charge is 0.173 e. The Labute approximate surface area is 93.3 Å². The van der Waals surface area contributed by atoms with Crippen LogP contribution in [0.15, 0.2) is 37.4 Å². The summed E-state index contributed by atoms with van der Waals surface area (Å²) in [4.78, 5) is 0. The Morgan fingerprint density at radius 3 is 1.87 bits per heavy atom. The zero-order valence-electron chi connectivity index (χ0n) is 8.44. The summed E-state index contributed by atoms with van der Waals surface area (Å²) in [5, 5.41) is 0. The summed E-state index contributed by atoms with van der Waals surface area (Å²) in [6, 6.07) is 4.19. The molecule has 0 aliphatic carbocycles. The fourth-order valence-electron chi connectivity index (χ4n) is 1.61. The van der Waals surface area contributed by atoms with E-state index < -0.39 is 0 Å². The van der Waals surface area contributed by atoms with Crippen molar-refractivity contribution in [2.45, 2.75) is 12.8 Å². The van der Waals surface area contributed by atoms with Gasteiger partial charge in [0, 0.05) is 0 Å². The fraction of sp³-hybridized carbons (Fsp3) is 0.167. The van der Waals surface area contributed by atoms with E-state index in [-0.39, 0.29) is 0 Å². The molecule has 0 spiro atoms. The minimum Gasteiger partial charge on any atom is -0.173 e.